The Morgan fingerprint density at radius 2 is 2.00 bits per heavy atom. The molecular formula is C15H27N3O. The molecule has 0 radical (unpaired) electrons. The monoisotopic (exact) mass is 265 g/mol. The number of nitrogens with one attached hydrogen (secondary N) is 1. The van der Waals surface area contributed by atoms with Crippen LogP contribution >= 0.6 is 0 Å². The van der Waals surface area contributed by atoms with Crippen LogP contribution in [0.5, 0.6) is 0 Å². The predicted octanol–water partition coefficient (Wildman–Crippen LogP) is 0.929. The van der Waals surface area contributed by atoms with Crippen LogP contribution in [0.25, 0.3) is 0 Å². The van der Waals surface area contributed by atoms with Crippen LogP contribution in [0.4, 0.5) is 0 Å². The standard InChI is InChI=1S/C15H27N3O/c1-2-6-17-7-9-18(10-8-17)15(19)14-13-5-3-4-12(13)11-16-14/h12-14,16H,2-11H2,1H3. The lowest BCUT2D eigenvalue weighted by Gasteiger charge is -2.36. The van der Waals surface area contributed by atoms with E-state index >= 15 is 0 Å². The second kappa shape index (κ2) is 5.80. The second-order valence-corrected chi connectivity index (χ2v) is 6.41. The Hall–Kier alpha value is -0.610. The summed E-state index contributed by atoms with van der Waals surface area (Å²) in [5, 5.41) is 3.49. The van der Waals surface area contributed by atoms with Gasteiger partial charge in [0.1, 0.15) is 0 Å². The van der Waals surface area contributed by atoms with E-state index in [1.54, 1.807) is 0 Å². The topological polar surface area (TPSA) is 35.6 Å². The first kappa shape index (κ1) is 13.4. The number of carbonyl (C=O) groups is 1. The smallest absolute Gasteiger partial charge is 0.240 e. The average Bonchev–Trinajstić information content (AvgIpc) is 3.01. The molecule has 19 heavy (non-hydrogen) atoms. The van der Waals surface area contributed by atoms with Crippen LogP contribution in [-0.4, -0.2) is 61.0 Å². The van der Waals surface area contributed by atoms with E-state index in [4.69, 9.17) is 0 Å². The van der Waals surface area contributed by atoms with E-state index in [2.05, 4.69) is 22.0 Å². The Morgan fingerprint density at radius 1 is 1.21 bits per heavy atom. The Labute approximate surface area is 116 Å². The van der Waals surface area contributed by atoms with Gasteiger partial charge in [-0.05, 0) is 44.2 Å². The number of hydrogen-bond acceptors (Lipinski definition) is 3. The quantitative estimate of drug-likeness (QED) is 0.824. The number of nitrogens with zero attached hydrogens (tertiary/aromatic N) is 2. The summed E-state index contributed by atoms with van der Waals surface area (Å²) >= 11 is 0. The van der Waals surface area contributed by atoms with Gasteiger partial charge in [0, 0.05) is 26.2 Å². The molecule has 3 aliphatic rings. The van der Waals surface area contributed by atoms with Crippen molar-refractivity contribution in [2.75, 3.05) is 39.3 Å². The van der Waals surface area contributed by atoms with E-state index in [-0.39, 0.29) is 6.04 Å². The Morgan fingerprint density at radius 3 is 2.74 bits per heavy atom. The van der Waals surface area contributed by atoms with Gasteiger partial charge in [0.2, 0.25) is 5.91 Å². The highest BCUT2D eigenvalue weighted by molar-refractivity contribution is 5.83. The molecule has 1 N–H and O–H groups in total. The summed E-state index contributed by atoms with van der Waals surface area (Å²) in [5.74, 6) is 1.78. The van der Waals surface area contributed by atoms with E-state index in [0.717, 1.165) is 38.6 Å². The number of piperazine rings is 1. The van der Waals surface area contributed by atoms with Crippen LogP contribution in [0.2, 0.25) is 0 Å². The normalized spacial score (nSPS) is 35.6. The first-order valence-corrected chi connectivity index (χ1v) is 8.04. The number of amides is 1. The Kier molecular flexibility index (Phi) is 4.08. The number of hydrogen-bond donors (Lipinski definition) is 1. The van der Waals surface area contributed by atoms with Crippen LogP contribution in [0.3, 0.4) is 0 Å². The van der Waals surface area contributed by atoms with Crippen molar-refractivity contribution in [3.05, 3.63) is 0 Å². The molecule has 0 aromatic carbocycles. The SMILES string of the molecule is CCCN1CCN(C(=O)C2NCC3CCCC32)CC1. The third-order valence-corrected chi connectivity index (χ3v) is 5.24. The lowest BCUT2D eigenvalue weighted by Crippen LogP contribution is -2.54. The molecule has 0 bridgehead atoms. The molecule has 4 heteroatoms. The molecule has 1 saturated carbocycles. The predicted molar refractivity (Wildman–Crippen MR) is 75.9 cm³/mol. The van der Waals surface area contributed by atoms with E-state index in [1.165, 1.54) is 32.2 Å². The van der Waals surface area contributed by atoms with Gasteiger partial charge < -0.3 is 10.2 Å². The lowest BCUT2D eigenvalue weighted by atomic mass is 9.93. The minimum Gasteiger partial charge on any atom is -0.339 e. The summed E-state index contributed by atoms with van der Waals surface area (Å²) in [4.78, 5) is 17.2. The van der Waals surface area contributed by atoms with Crippen molar-refractivity contribution in [2.45, 2.75) is 38.6 Å². The van der Waals surface area contributed by atoms with Crippen LogP contribution in [0, 0.1) is 11.8 Å². The summed E-state index contributed by atoms with van der Waals surface area (Å²) in [6.45, 7) is 8.43. The van der Waals surface area contributed by atoms with Crippen molar-refractivity contribution in [3.8, 4) is 0 Å². The molecular weight excluding hydrogens is 238 g/mol. The highest BCUT2D eigenvalue weighted by atomic mass is 16.2. The van der Waals surface area contributed by atoms with Gasteiger partial charge in [-0.15, -0.1) is 0 Å². The molecule has 108 valence electrons. The fraction of sp³-hybridized carbons (Fsp3) is 0.933. The molecule has 0 aromatic heterocycles. The van der Waals surface area contributed by atoms with E-state index in [9.17, 15) is 4.79 Å². The zero-order valence-corrected chi connectivity index (χ0v) is 12.1. The summed E-state index contributed by atoms with van der Waals surface area (Å²) in [6, 6.07) is 0.130. The van der Waals surface area contributed by atoms with Gasteiger partial charge in [-0.2, -0.15) is 0 Å². The molecule has 3 atom stereocenters. The lowest BCUT2D eigenvalue weighted by molar-refractivity contribution is -0.135. The second-order valence-electron chi connectivity index (χ2n) is 6.41. The zero-order valence-electron chi connectivity index (χ0n) is 12.1. The maximum atomic E-state index is 12.7. The third kappa shape index (κ3) is 2.65. The summed E-state index contributed by atoms with van der Waals surface area (Å²) in [7, 11) is 0. The molecule has 3 fully saturated rings. The molecule has 2 aliphatic heterocycles. The Bertz CT molecular complexity index is 325. The molecule has 0 spiro atoms. The van der Waals surface area contributed by atoms with E-state index in [1.807, 2.05) is 0 Å². The van der Waals surface area contributed by atoms with Gasteiger partial charge in [0.15, 0.2) is 0 Å². The summed E-state index contributed by atoms with van der Waals surface area (Å²) in [5.41, 5.74) is 0. The van der Waals surface area contributed by atoms with Crippen LogP contribution < -0.4 is 5.32 Å². The zero-order chi connectivity index (χ0) is 13.2. The highest BCUT2D eigenvalue weighted by Crippen LogP contribution is 2.38. The van der Waals surface area contributed by atoms with E-state index < -0.39 is 0 Å². The molecule has 4 nitrogen and oxygen atoms in total. The van der Waals surface area contributed by atoms with Crippen molar-refractivity contribution in [1.29, 1.82) is 0 Å². The van der Waals surface area contributed by atoms with Crippen molar-refractivity contribution in [1.82, 2.24) is 15.1 Å². The largest absolute Gasteiger partial charge is 0.339 e. The van der Waals surface area contributed by atoms with Crippen molar-refractivity contribution >= 4 is 5.91 Å². The average molecular weight is 265 g/mol. The number of rotatable bonds is 3. The third-order valence-electron chi connectivity index (χ3n) is 5.24. The first-order valence-electron chi connectivity index (χ1n) is 8.04. The highest BCUT2D eigenvalue weighted by Gasteiger charge is 2.43. The van der Waals surface area contributed by atoms with Crippen molar-refractivity contribution in [3.63, 3.8) is 0 Å². The maximum Gasteiger partial charge on any atom is 0.240 e. The molecule has 2 saturated heterocycles. The van der Waals surface area contributed by atoms with Gasteiger partial charge in [-0.1, -0.05) is 13.3 Å². The van der Waals surface area contributed by atoms with Gasteiger partial charge in [-0.25, -0.2) is 0 Å². The van der Waals surface area contributed by atoms with Crippen LogP contribution in [0.1, 0.15) is 32.6 Å². The molecule has 3 unspecified atom stereocenters. The minimum absolute atomic E-state index is 0.130. The maximum absolute atomic E-state index is 12.7. The molecule has 1 aliphatic carbocycles. The minimum atomic E-state index is 0.130. The molecule has 0 aromatic rings. The fourth-order valence-corrected chi connectivity index (χ4v) is 4.16. The van der Waals surface area contributed by atoms with Gasteiger partial charge >= 0.3 is 0 Å². The van der Waals surface area contributed by atoms with Crippen molar-refractivity contribution in [2.24, 2.45) is 11.8 Å². The van der Waals surface area contributed by atoms with Gasteiger partial charge in [0.25, 0.3) is 0 Å². The summed E-state index contributed by atoms with van der Waals surface area (Å²) in [6.07, 6.45) is 5.11. The summed E-state index contributed by atoms with van der Waals surface area (Å²) < 4.78 is 0. The fourth-order valence-electron chi connectivity index (χ4n) is 4.16. The van der Waals surface area contributed by atoms with Crippen LogP contribution in [-0.2, 0) is 4.79 Å². The molecule has 1 amide bonds. The van der Waals surface area contributed by atoms with Gasteiger partial charge in [0.05, 0.1) is 6.04 Å². The Balaban J connectivity index is 1.54. The van der Waals surface area contributed by atoms with Crippen LogP contribution in [0.15, 0.2) is 0 Å². The van der Waals surface area contributed by atoms with Gasteiger partial charge in [-0.3, -0.25) is 9.69 Å². The first-order chi connectivity index (χ1) is 9.29. The molecule has 3 rings (SSSR count). The van der Waals surface area contributed by atoms with Crippen molar-refractivity contribution < 1.29 is 4.79 Å². The number of carbonyl (C=O) groups excluding carboxylic acids is 1. The van der Waals surface area contributed by atoms with E-state index in [0.29, 0.717) is 11.8 Å². The number of fused-ring (bicyclic) bond motifs is 1. The molecule has 2 heterocycles.